The number of rotatable bonds is 6. The standard InChI is InChI=1S/C16H16N4O4/c1-2-14-18-19-16(24-14)11-5-6-15(22)20(9-11)10-13(21)17-8-12-4-3-7-23-12/h3-7,9H,2,8,10H2,1H3,(H,17,21). The molecule has 8 heteroatoms. The fraction of sp³-hybridized carbons (Fsp3) is 0.250. The molecule has 3 aromatic rings. The van der Waals surface area contributed by atoms with Crippen LogP contribution in [0.1, 0.15) is 18.6 Å². The van der Waals surface area contributed by atoms with Gasteiger partial charge in [-0.05, 0) is 18.2 Å². The lowest BCUT2D eigenvalue weighted by atomic mass is 10.3. The molecule has 0 spiro atoms. The smallest absolute Gasteiger partial charge is 0.251 e. The average Bonchev–Trinajstić information content (AvgIpc) is 3.26. The minimum Gasteiger partial charge on any atom is -0.467 e. The summed E-state index contributed by atoms with van der Waals surface area (Å²) >= 11 is 0. The summed E-state index contributed by atoms with van der Waals surface area (Å²) in [5.41, 5.74) is 0.294. The lowest BCUT2D eigenvalue weighted by Crippen LogP contribution is -2.31. The first kappa shape index (κ1) is 15.7. The van der Waals surface area contributed by atoms with Gasteiger partial charge in [0, 0.05) is 18.7 Å². The molecule has 0 aliphatic heterocycles. The predicted octanol–water partition coefficient (Wildman–Crippen LogP) is 1.37. The van der Waals surface area contributed by atoms with E-state index in [2.05, 4.69) is 15.5 Å². The molecular formula is C16H16N4O4. The second kappa shape index (κ2) is 6.95. The molecule has 0 fully saturated rings. The molecule has 24 heavy (non-hydrogen) atoms. The number of hydrogen-bond acceptors (Lipinski definition) is 6. The first-order chi connectivity index (χ1) is 11.7. The van der Waals surface area contributed by atoms with Crippen molar-refractivity contribution in [3.8, 4) is 11.5 Å². The van der Waals surface area contributed by atoms with Gasteiger partial charge in [-0.25, -0.2) is 0 Å². The number of carbonyl (C=O) groups excluding carboxylic acids is 1. The fourth-order valence-electron chi connectivity index (χ4n) is 2.10. The van der Waals surface area contributed by atoms with Crippen LogP contribution in [0.25, 0.3) is 11.5 Å². The minimum atomic E-state index is -0.301. The summed E-state index contributed by atoms with van der Waals surface area (Å²) in [6.45, 7) is 2.06. The summed E-state index contributed by atoms with van der Waals surface area (Å²) in [5, 5.41) is 10.5. The van der Waals surface area contributed by atoms with Crippen molar-refractivity contribution in [2.75, 3.05) is 0 Å². The normalized spacial score (nSPS) is 10.7. The Labute approximate surface area is 137 Å². The Morgan fingerprint density at radius 1 is 1.29 bits per heavy atom. The molecule has 1 amide bonds. The quantitative estimate of drug-likeness (QED) is 0.733. The second-order valence-corrected chi connectivity index (χ2v) is 5.09. The number of aromatic nitrogens is 3. The molecule has 124 valence electrons. The van der Waals surface area contributed by atoms with Gasteiger partial charge in [-0.15, -0.1) is 10.2 Å². The molecule has 0 unspecified atom stereocenters. The van der Waals surface area contributed by atoms with Gasteiger partial charge in [0.2, 0.25) is 17.7 Å². The van der Waals surface area contributed by atoms with E-state index in [1.165, 1.54) is 23.1 Å². The van der Waals surface area contributed by atoms with Crippen LogP contribution < -0.4 is 10.9 Å². The Morgan fingerprint density at radius 3 is 2.88 bits per heavy atom. The highest BCUT2D eigenvalue weighted by Gasteiger charge is 2.11. The van der Waals surface area contributed by atoms with Crippen LogP contribution >= 0.6 is 0 Å². The molecule has 0 atom stereocenters. The van der Waals surface area contributed by atoms with Crippen LogP contribution in [0.15, 0.2) is 50.4 Å². The Hall–Kier alpha value is -3.16. The van der Waals surface area contributed by atoms with Gasteiger partial charge in [-0.2, -0.15) is 0 Å². The lowest BCUT2D eigenvalue weighted by Gasteiger charge is -2.07. The van der Waals surface area contributed by atoms with Crippen molar-refractivity contribution < 1.29 is 13.6 Å². The molecule has 0 saturated heterocycles. The predicted molar refractivity (Wildman–Crippen MR) is 83.9 cm³/mol. The lowest BCUT2D eigenvalue weighted by molar-refractivity contribution is -0.121. The molecule has 3 heterocycles. The Balaban J connectivity index is 1.71. The Morgan fingerprint density at radius 2 is 2.17 bits per heavy atom. The van der Waals surface area contributed by atoms with Crippen LogP contribution in [-0.2, 0) is 24.3 Å². The van der Waals surface area contributed by atoms with E-state index in [1.807, 2.05) is 6.92 Å². The van der Waals surface area contributed by atoms with E-state index in [-0.39, 0.29) is 24.6 Å². The van der Waals surface area contributed by atoms with E-state index in [9.17, 15) is 9.59 Å². The fourth-order valence-corrected chi connectivity index (χ4v) is 2.10. The highest BCUT2D eigenvalue weighted by atomic mass is 16.4. The second-order valence-electron chi connectivity index (χ2n) is 5.09. The van der Waals surface area contributed by atoms with E-state index < -0.39 is 0 Å². The van der Waals surface area contributed by atoms with Gasteiger partial charge in [0.15, 0.2) is 0 Å². The van der Waals surface area contributed by atoms with Crippen molar-refractivity contribution in [3.05, 3.63) is 58.7 Å². The summed E-state index contributed by atoms with van der Waals surface area (Å²) in [6.07, 6.45) is 3.69. The SMILES string of the molecule is CCc1nnc(-c2ccc(=O)n(CC(=O)NCc3ccco3)c2)o1. The third-order valence-electron chi connectivity index (χ3n) is 3.35. The third-order valence-corrected chi connectivity index (χ3v) is 3.35. The van der Waals surface area contributed by atoms with Gasteiger partial charge < -0.3 is 18.7 Å². The van der Waals surface area contributed by atoms with Crippen LogP contribution in [0.4, 0.5) is 0 Å². The minimum absolute atomic E-state index is 0.109. The summed E-state index contributed by atoms with van der Waals surface area (Å²) in [7, 11) is 0. The van der Waals surface area contributed by atoms with Gasteiger partial charge in [-0.1, -0.05) is 6.92 Å². The van der Waals surface area contributed by atoms with E-state index in [4.69, 9.17) is 8.83 Å². The number of pyridine rings is 1. The topological polar surface area (TPSA) is 103 Å². The Bertz CT molecular complexity index is 880. The number of hydrogen-bond donors (Lipinski definition) is 1. The number of amides is 1. The zero-order valence-corrected chi connectivity index (χ0v) is 13.1. The van der Waals surface area contributed by atoms with Gasteiger partial charge in [0.1, 0.15) is 12.3 Å². The number of nitrogens with one attached hydrogen (secondary N) is 1. The summed E-state index contributed by atoms with van der Waals surface area (Å²) in [4.78, 5) is 23.9. The van der Waals surface area contributed by atoms with Crippen molar-refractivity contribution in [2.24, 2.45) is 0 Å². The molecule has 8 nitrogen and oxygen atoms in total. The first-order valence-electron chi connectivity index (χ1n) is 7.48. The van der Waals surface area contributed by atoms with Crippen LogP contribution in [0.3, 0.4) is 0 Å². The first-order valence-corrected chi connectivity index (χ1v) is 7.48. The molecule has 1 N–H and O–H groups in total. The largest absolute Gasteiger partial charge is 0.467 e. The van der Waals surface area contributed by atoms with Crippen molar-refractivity contribution >= 4 is 5.91 Å². The van der Waals surface area contributed by atoms with E-state index >= 15 is 0 Å². The van der Waals surface area contributed by atoms with Crippen LogP contribution in [0.2, 0.25) is 0 Å². The monoisotopic (exact) mass is 328 g/mol. The molecule has 0 aliphatic rings. The molecule has 0 radical (unpaired) electrons. The van der Waals surface area contributed by atoms with E-state index in [1.54, 1.807) is 18.2 Å². The number of carbonyl (C=O) groups is 1. The average molecular weight is 328 g/mol. The van der Waals surface area contributed by atoms with Gasteiger partial charge >= 0.3 is 0 Å². The summed E-state index contributed by atoms with van der Waals surface area (Å²) in [5.74, 6) is 1.17. The number of aryl methyl sites for hydroxylation is 1. The maximum absolute atomic E-state index is 12.0. The molecular weight excluding hydrogens is 312 g/mol. The van der Waals surface area contributed by atoms with E-state index in [0.717, 1.165) is 0 Å². The zero-order chi connectivity index (χ0) is 16.9. The van der Waals surface area contributed by atoms with Crippen molar-refractivity contribution in [2.45, 2.75) is 26.4 Å². The summed E-state index contributed by atoms with van der Waals surface area (Å²) in [6, 6.07) is 6.45. The molecule has 0 bridgehead atoms. The highest BCUT2D eigenvalue weighted by molar-refractivity contribution is 5.75. The third kappa shape index (κ3) is 3.60. The van der Waals surface area contributed by atoms with Crippen molar-refractivity contribution in [1.82, 2.24) is 20.1 Å². The van der Waals surface area contributed by atoms with E-state index in [0.29, 0.717) is 29.5 Å². The number of nitrogens with zero attached hydrogens (tertiary/aromatic N) is 3. The molecule has 3 aromatic heterocycles. The number of furan rings is 1. The van der Waals surface area contributed by atoms with Gasteiger partial charge in [0.25, 0.3) is 5.56 Å². The maximum Gasteiger partial charge on any atom is 0.251 e. The van der Waals surface area contributed by atoms with Gasteiger partial charge in [0.05, 0.1) is 18.4 Å². The summed E-state index contributed by atoms with van der Waals surface area (Å²) < 4.78 is 11.9. The van der Waals surface area contributed by atoms with Crippen LogP contribution in [0, 0.1) is 0 Å². The van der Waals surface area contributed by atoms with Crippen LogP contribution in [0.5, 0.6) is 0 Å². The Kier molecular flexibility index (Phi) is 4.55. The van der Waals surface area contributed by atoms with Crippen molar-refractivity contribution in [1.29, 1.82) is 0 Å². The molecule has 0 aliphatic carbocycles. The van der Waals surface area contributed by atoms with Gasteiger partial charge in [-0.3, -0.25) is 9.59 Å². The molecule has 0 aromatic carbocycles. The van der Waals surface area contributed by atoms with Crippen molar-refractivity contribution in [3.63, 3.8) is 0 Å². The highest BCUT2D eigenvalue weighted by Crippen LogP contribution is 2.16. The van der Waals surface area contributed by atoms with Crippen LogP contribution in [-0.4, -0.2) is 20.7 Å². The zero-order valence-electron chi connectivity index (χ0n) is 13.1. The molecule has 3 rings (SSSR count). The molecule has 0 saturated carbocycles. The maximum atomic E-state index is 12.0.